The molecule has 0 spiro atoms. The lowest BCUT2D eigenvalue weighted by atomic mass is 9.33. The molecule has 0 radical (unpaired) electrons. The molecule has 0 bridgehead atoms. The average Bonchev–Trinajstić information content (AvgIpc) is 3.75. The van der Waals surface area contributed by atoms with Crippen molar-refractivity contribution in [3.63, 3.8) is 0 Å². The molecule has 7 rings (SSSR count). The van der Waals surface area contributed by atoms with Gasteiger partial charge in [-0.25, -0.2) is 0 Å². The quantitative estimate of drug-likeness (QED) is 0.309. The lowest BCUT2D eigenvalue weighted by Crippen LogP contribution is -2.68. The highest BCUT2D eigenvalue weighted by Crippen LogP contribution is 2.76. The zero-order valence-electron chi connectivity index (χ0n) is 26.7. The summed E-state index contributed by atoms with van der Waals surface area (Å²) in [6.07, 6.45) is 8.05. The monoisotopic (exact) mass is 574 g/mol. The van der Waals surface area contributed by atoms with Crippen molar-refractivity contribution in [2.24, 2.45) is 50.2 Å². The van der Waals surface area contributed by atoms with Gasteiger partial charge in [0, 0.05) is 11.3 Å². The molecule has 228 valence electrons. The first-order valence-corrected chi connectivity index (χ1v) is 16.4. The Balaban J connectivity index is 1.23. The summed E-state index contributed by atoms with van der Waals surface area (Å²) >= 11 is 0. The Hall–Kier alpha value is -1.98. The number of carbonyl (C=O) groups excluding carboxylic acids is 2. The number of hydrogen-bond acceptors (Lipinski definition) is 5. The second-order valence-corrected chi connectivity index (χ2v) is 17.0. The summed E-state index contributed by atoms with van der Waals surface area (Å²) in [5.74, 6) is 0.424. The number of rotatable bonds is 3. The molecule has 11 atom stereocenters. The number of carbonyl (C=O) groups is 2. The normalized spacial score (nSPS) is 50.2. The predicted octanol–water partition coefficient (Wildman–Crippen LogP) is 7.06. The summed E-state index contributed by atoms with van der Waals surface area (Å²) in [5.41, 5.74) is 0.896. The van der Waals surface area contributed by atoms with Gasteiger partial charge in [0.25, 0.3) is 0 Å². The number of ketones is 1. The minimum Gasteiger partial charge on any atom is -0.460 e. The molecule has 1 heterocycles. The third-order valence-electron chi connectivity index (χ3n) is 14.6. The standard InChI is InChI=1S/C37H50O5/c1-32(2)26-13-14-36(6)28(37(26,7)30-27(42-30)29(32)39)25(38)19-23-24-20-34(4,16-15-33(24,3)17-18-35(23,36)5)31(40)41-21-22-11-9-8-10-12-22/h8-12,19,24,26-30,39H,13-18,20-21H2,1-7H3/t24-,26-,27-,28-,29+,30-,33+,34-,35+,36+,37-/m0/s1. The molecule has 0 aromatic heterocycles. The van der Waals surface area contributed by atoms with E-state index in [1.165, 1.54) is 5.57 Å². The van der Waals surface area contributed by atoms with Crippen LogP contribution in [0.25, 0.3) is 0 Å². The van der Waals surface area contributed by atoms with Gasteiger partial charge in [0.15, 0.2) is 5.78 Å². The fourth-order valence-electron chi connectivity index (χ4n) is 11.6. The Labute approximate surface area is 251 Å². The van der Waals surface area contributed by atoms with Crippen LogP contribution in [0.15, 0.2) is 42.0 Å². The van der Waals surface area contributed by atoms with Gasteiger partial charge < -0.3 is 14.6 Å². The first-order valence-electron chi connectivity index (χ1n) is 16.4. The zero-order chi connectivity index (χ0) is 30.1. The number of epoxide rings is 1. The van der Waals surface area contributed by atoms with Crippen molar-refractivity contribution in [1.82, 2.24) is 0 Å². The number of benzene rings is 1. The van der Waals surface area contributed by atoms with E-state index in [2.05, 4.69) is 54.5 Å². The molecule has 42 heavy (non-hydrogen) atoms. The molecule has 1 saturated heterocycles. The summed E-state index contributed by atoms with van der Waals surface area (Å²) < 4.78 is 12.2. The number of aliphatic hydroxyl groups is 1. The van der Waals surface area contributed by atoms with E-state index < -0.39 is 11.5 Å². The first kappa shape index (κ1) is 28.8. The average molecular weight is 575 g/mol. The Morgan fingerprint density at radius 1 is 0.976 bits per heavy atom. The summed E-state index contributed by atoms with van der Waals surface area (Å²) in [6, 6.07) is 9.90. The summed E-state index contributed by atoms with van der Waals surface area (Å²) in [6.45, 7) is 16.3. The number of esters is 1. The highest BCUT2D eigenvalue weighted by Gasteiger charge is 2.77. The molecule has 5 aliphatic carbocycles. The van der Waals surface area contributed by atoms with Gasteiger partial charge in [-0.15, -0.1) is 0 Å². The Bertz CT molecular complexity index is 1350. The van der Waals surface area contributed by atoms with Crippen LogP contribution >= 0.6 is 0 Å². The smallest absolute Gasteiger partial charge is 0.312 e. The van der Waals surface area contributed by atoms with Crippen LogP contribution in [0.5, 0.6) is 0 Å². The molecule has 0 unspecified atom stereocenters. The molecule has 5 nitrogen and oxygen atoms in total. The topological polar surface area (TPSA) is 76.1 Å². The molecule has 1 aliphatic heterocycles. The van der Waals surface area contributed by atoms with E-state index in [0.717, 1.165) is 50.5 Å². The minimum atomic E-state index is -0.568. The van der Waals surface area contributed by atoms with Crippen molar-refractivity contribution >= 4 is 11.8 Å². The summed E-state index contributed by atoms with van der Waals surface area (Å²) in [5, 5.41) is 11.2. The Morgan fingerprint density at radius 2 is 1.67 bits per heavy atom. The first-order chi connectivity index (χ1) is 19.6. The van der Waals surface area contributed by atoms with Crippen molar-refractivity contribution in [2.75, 3.05) is 0 Å². The zero-order valence-corrected chi connectivity index (χ0v) is 26.7. The highest BCUT2D eigenvalue weighted by molar-refractivity contribution is 5.96. The van der Waals surface area contributed by atoms with E-state index in [1.54, 1.807) is 0 Å². The molecule has 4 saturated carbocycles. The number of fused-ring (bicyclic) bond motifs is 9. The summed E-state index contributed by atoms with van der Waals surface area (Å²) in [7, 11) is 0. The van der Waals surface area contributed by atoms with E-state index in [-0.39, 0.29) is 68.8 Å². The fraction of sp³-hybridized carbons (Fsp3) is 0.730. The van der Waals surface area contributed by atoms with Crippen LogP contribution in [0.1, 0.15) is 99.0 Å². The second-order valence-electron chi connectivity index (χ2n) is 17.0. The number of allylic oxidation sites excluding steroid dienone is 2. The van der Waals surface area contributed by atoms with Crippen LogP contribution in [0, 0.1) is 50.2 Å². The molecule has 1 aromatic carbocycles. The van der Waals surface area contributed by atoms with Crippen molar-refractivity contribution in [1.29, 1.82) is 0 Å². The molecular formula is C37H50O5. The maximum Gasteiger partial charge on any atom is 0.312 e. The SMILES string of the molecule is CC1(C)[C@H](O)[C@@H]2O[C@@H]2[C@]2(C)[C@H]3C(=O)C=C4[C@@H]5C[C@@](C)(C(=O)OCc6ccccc6)CC[C@]5(C)CC[C@@]4(C)[C@]3(C)CC[C@@H]12. The third kappa shape index (κ3) is 3.56. The fourth-order valence-corrected chi connectivity index (χ4v) is 11.6. The molecule has 0 amide bonds. The molecule has 1 aromatic rings. The van der Waals surface area contributed by atoms with Crippen molar-refractivity contribution in [3.05, 3.63) is 47.5 Å². The maximum atomic E-state index is 14.6. The Kier molecular flexibility index (Phi) is 6.03. The van der Waals surface area contributed by atoms with Crippen LogP contribution in [0.4, 0.5) is 0 Å². The van der Waals surface area contributed by atoms with E-state index in [9.17, 15) is 14.7 Å². The van der Waals surface area contributed by atoms with E-state index in [4.69, 9.17) is 9.47 Å². The molecular weight excluding hydrogens is 524 g/mol. The molecule has 5 heteroatoms. The second kappa shape index (κ2) is 8.81. The van der Waals surface area contributed by atoms with Crippen molar-refractivity contribution in [3.8, 4) is 0 Å². The maximum absolute atomic E-state index is 14.6. The number of hydrogen-bond donors (Lipinski definition) is 1. The van der Waals surface area contributed by atoms with Gasteiger partial charge in [-0.1, -0.05) is 77.4 Å². The van der Waals surface area contributed by atoms with Gasteiger partial charge in [0.1, 0.15) is 12.7 Å². The van der Waals surface area contributed by atoms with Gasteiger partial charge in [-0.2, -0.15) is 0 Å². The van der Waals surface area contributed by atoms with Crippen LogP contribution < -0.4 is 0 Å². The number of aliphatic hydroxyl groups excluding tert-OH is 1. The van der Waals surface area contributed by atoms with E-state index in [1.807, 2.05) is 30.3 Å². The van der Waals surface area contributed by atoms with Crippen LogP contribution in [-0.4, -0.2) is 35.2 Å². The lowest BCUT2D eigenvalue weighted by molar-refractivity contribution is -0.195. The predicted molar refractivity (Wildman–Crippen MR) is 161 cm³/mol. The van der Waals surface area contributed by atoms with Crippen molar-refractivity contribution in [2.45, 2.75) is 118 Å². The highest BCUT2D eigenvalue weighted by atomic mass is 16.6. The van der Waals surface area contributed by atoms with Gasteiger partial charge in [0.05, 0.1) is 17.6 Å². The van der Waals surface area contributed by atoms with Gasteiger partial charge >= 0.3 is 5.97 Å². The number of ether oxygens (including phenoxy) is 2. The minimum absolute atomic E-state index is 0.0520. The van der Waals surface area contributed by atoms with E-state index >= 15 is 0 Å². The lowest BCUT2D eigenvalue weighted by Gasteiger charge is -2.69. The van der Waals surface area contributed by atoms with Crippen LogP contribution in [-0.2, 0) is 25.7 Å². The van der Waals surface area contributed by atoms with Gasteiger partial charge in [-0.3, -0.25) is 9.59 Å². The summed E-state index contributed by atoms with van der Waals surface area (Å²) in [4.78, 5) is 28.2. The molecule has 6 aliphatic rings. The Morgan fingerprint density at radius 3 is 2.38 bits per heavy atom. The van der Waals surface area contributed by atoms with Crippen molar-refractivity contribution < 1.29 is 24.2 Å². The molecule has 5 fully saturated rings. The van der Waals surface area contributed by atoms with Gasteiger partial charge in [0.2, 0.25) is 0 Å². The molecule has 1 N–H and O–H groups in total. The van der Waals surface area contributed by atoms with Crippen LogP contribution in [0.2, 0.25) is 0 Å². The largest absolute Gasteiger partial charge is 0.460 e. The van der Waals surface area contributed by atoms with Crippen LogP contribution in [0.3, 0.4) is 0 Å². The van der Waals surface area contributed by atoms with E-state index in [0.29, 0.717) is 6.61 Å². The third-order valence-corrected chi connectivity index (χ3v) is 14.6. The van der Waals surface area contributed by atoms with Gasteiger partial charge in [-0.05, 0) is 97.0 Å².